The highest BCUT2D eigenvalue weighted by atomic mass is 35.5. The van der Waals surface area contributed by atoms with Crippen LogP contribution in [0.3, 0.4) is 0 Å². The third-order valence-corrected chi connectivity index (χ3v) is 6.41. The van der Waals surface area contributed by atoms with Gasteiger partial charge in [-0.05, 0) is 32.0 Å². The first-order chi connectivity index (χ1) is 13.0. The Morgan fingerprint density at radius 2 is 1.82 bits per heavy atom. The van der Waals surface area contributed by atoms with Crippen molar-refractivity contribution in [3.05, 3.63) is 23.8 Å². The van der Waals surface area contributed by atoms with Gasteiger partial charge in [-0.25, -0.2) is 13.8 Å². The molecule has 1 saturated carbocycles. The highest BCUT2D eigenvalue weighted by molar-refractivity contribution is 7.22. The zero-order valence-electron chi connectivity index (χ0n) is 16.4. The SMILES string of the molecule is CCN(CC)CCN(C(=O)C1CCCCC1)c1nc2c(F)cc(F)cc2s1.Cl. The molecule has 0 saturated heterocycles. The van der Waals surface area contributed by atoms with Crippen molar-refractivity contribution in [1.29, 1.82) is 0 Å². The fourth-order valence-electron chi connectivity index (χ4n) is 3.71. The van der Waals surface area contributed by atoms with E-state index in [9.17, 15) is 13.6 Å². The number of hydrogen-bond acceptors (Lipinski definition) is 4. The van der Waals surface area contributed by atoms with Crippen LogP contribution < -0.4 is 4.90 Å². The Morgan fingerprint density at radius 1 is 1.14 bits per heavy atom. The van der Waals surface area contributed by atoms with Crippen LogP contribution in [0.25, 0.3) is 10.2 Å². The normalized spacial score (nSPS) is 15.0. The molecule has 1 aromatic carbocycles. The summed E-state index contributed by atoms with van der Waals surface area (Å²) in [5.74, 6) is -1.23. The smallest absolute Gasteiger partial charge is 0.231 e. The first kappa shape index (κ1) is 23.0. The highest BCUT2D eigenvalue weighted by Crippen LogP contribution is 2.33. The Kier molecular flexibility index (Phi) is 8.58. The van der Waals surface area contributed by atoms with Crippen molar-refractivity contribution in [3.63, 3.8) is 0 Å². The molecule has 156 valence electrons. The van der Waals surface area contributed by atoms with Crippen molar-refractivity contribution >= 4 is 45.0 Å². The molecule has 1 heterocycles. The van der Waals surface area contributed by atoms with Crippen molar-refractivity contribution < 1.29 is 13.6 Å². The van der Waals surface area contributed by atoms with E-state index in [0.29, 0.717) is 16.4 Å². The van der Waals surface area contributed by atoms with Gasteiger partial charge >= 0.3 is 0 Å². The fourth-order valence-corrected chi connectivity index (χ4v) is 4.75. The number of halogens is 3. The van der Waals surface area contributed by atoms with Gasteiger partial charge in [-0.15, -0.1) is 12.4 Å². The molecular weight excluding hydrogens is 404 g/mol. The molecule has 0 bridgehead atoms. The molecule has 1 aromatic heterocycles. The van der Waals surface area contributed by atoms with E-state index >= 15 is 0 Å². The third kappa shape index (κ3) is 5.19. The Balaban J connectivity index is 0.00000280. The zero-order valence-corrected chi connectivity index (χ0v) is 18.1. The quantitative estimate of drug-likeness (QED) is 0.600. The van der Waals surface area contributed by atoms with Gasteiger partial charge in [-0.1, -0.05) is 44.4 Å². The zero-order chi connectivity index (χ0) is 19.4. The van der Waals surface area contributed by atoms with Crippen LogP contribution in [-0.4, -0.2) is 42.0 Å². The van der Waals surface area contributed by atoms with Gasteiger partial charge < -0.3 is 4.90 Å². The molecule has 0 atom stereocenters. The Morgan fingerprint density at radius 3 is 2.46 bits per heavy atom. The van der Waals surface area contributed by atoms with Gasteiger partial charge in [-0.3, -0.25) is 9.69 Å². The minimum Gasteiger partial charge on any atom is -0.302 e. The van der Waals surface area contributed by atoms with Gasteiger partial charge in [0.25, 0.3) is 0 Å². The van der Waals surface area contributed by atoms with Crippen molar-refractivity contribution in [1.82, 2.24) is 9.88 Å². The fraction of sp³-hybridized carbons (Fsp3) is 0.600. The van der Waals surface area contributed by atoms with Gasteiger partial charge in [0.1, 0.15) is 11.3 Å². The van der Waals surface area contributed by atoms with Crippen molar-refractivity contribution in [2.45, 2.75) is 46.0 Å². The van der Waals surface area contributed by atoms with Crippen LogP contribution in [0, 0.1) is 17.6 Å². The maximum atomic E-state index is 14.1. The van der Waals surface area contributed by atoms with E-state index in [0.717, 1.165) is 51.4 Å². The number of hydrogen-bond donors (Lipinski definition) is 0. The lowest BCUT2D eigenvalue weighted by Gasteiger charge is -2.29. The number of carbonyl (C=O) groups is 1. The van der Waals surface area contributed by atoms with E-state index < -0.39 is 11.6 Å². The van der Waals surface area contributed by atoms with Gasteiger partial charge in [0, 0.05) is 25.1 Å². The summed E-state index contributed by atoms with van der Waals surface area (Å²) in [6.07, 6.45) is 5.11. The molecule has 3 rings (SSSR count). The van der Waals surface area contributed by atoms with E-state index in [-0.39, 0.29) is 29.7 Å². The van der Waals surface area contributed by atoms with Crippen LogP contribution in [0.5, 0.6) is 0 Å². The minimum atomic E-state index is -0.679. The molecule has 4 nitrogen and oxygen atoms in total. The van der Waals surface area contributed by atoms with Crippen LogP contribution in [0.2, 0.25) is 0 Å². The number of aromatic nitrogens is 1. The maximum absolute atomic E-state index is 14.1. The van der Waals surface area contributed by atoms with Crippen LogP contribution >= 0.6 is 23.7 Å². The molecule has 0 radical (unpaired) electrons. The lowest BCUT2D eigenvalue weighted by atomic mass is 9.88. The number of anilines is 1. The maximum Gasteiger partial charge on any atom is 0.231 e. The second-order valence-corrected chi connectivity index (χ2v) is 8.09. The number of rotatable bonds is 7. The minimum absolute atomic E-state index is 0. The lowest BCUT2D eigenvalue weighted by Crippen LogP contribution is -2.42. The molecule has 1 aliphatic carbocycles. The van der Waals surface area contributed by atoms with Crippen molar-refractivity contribution in [2.75, 3.05) is 31.1 Å². The number of fused-ring (bicyclic) bond motifs is 1. The van der Waals surface area contributed by atoms with Crippen LogP contribution in [0.1, 0.15) is 46.0 Å². The first-order valence-corrected chi connectivity index (χ1v) is 10.6. The summed E-state index contributed by atoms with van der Waals surface area (Å²) in [5.41, 5.74) is 0.140. The van der Waals surface area contributed by atoms with E-state index in [4.69, 9.17) is 0 Å². The molecule has 2 aromatic rings. The summed E-state index contributed by atoms with van der Waals surface area (Å²) in [6, 6.07) is 2.13. The molecule has 1 aliphatic rings. The molecule has 8 heteroatoms. The second kappa shape index (κ2) is 10.5. The summed E-state index contributed by atoms with van der Waals surface area (Å²) in [5, 5.41) is 0.470. The Bertz CT molecular complexity index is 791. The molecule has 0 unspecified atom stereocenters. The number of nitrogens with zero attached hydrogens (tertiary/aromatic N) is 3. The average molecular weight is 432 g/mol. The summed E-state index contributed by atoms with van der Waals surface area (Å²) >= 11 is 1.19. The first-order valence-electron chi connectivity index (χ1n) is 9.82. The summed E-state index contributed by atoms with van der Waals surface area (Å²) in [6.45, 7) is 7.24. The van der Waals surface area contributed by atoms with Crippen molar-refractivity contribution in [3.8, 4) is 0 Å². The number of carbonyl (C=O) groups excluding carboxylic acids is 1. The van der Waals surface area contributed by atoms with Gasteiger partial charge in [0.2, 0.25) is 5.91 Å². The van der Waals surface area contributed by atoms with E-state index in [1.807, 2.05) is 0 Å². The van der Waals surface area contributed by atoms with Crippen LogP contribution in [0.15, 0.2) is 12.1 Å². The van der Waals surface area contributed by atoms with Crippen LogP contribution in [0.4, 0.5) is 13.9 Å². The second-order valence-electron chi connectivity index (χ2n) is 7.08. The molecule has 0 spiro atoms. The Hall–Kier alpha value is -1.31. The number of amides is 1. The summed E-state index contributed by atoms with van der Waals surface area (Å²) in [4.78, 5) is 21.5. The Labute approximate surface area is 175 Å². The van der Waals surface area contributed by atoms with Gasteiger partial charge in [-0.2, -0.15) is 0 Å². The molecule has 1 fully saturated rings. The van der Waals surface area contributed by atoms with E-state index in [1.54, 1.807) is 4.90 Å². The van der Waals surface area contributed by atoms with E-state index in [2.05, 4.69) is 23.7 Å². The standard InChI is InChI=1S/C20H27F2N3OS.ClH/c1-3-24(4-2)10-11-25(19(26)14-8-6-5-7-9-14)20-23-18-16(22)12-15(21)13-17(18)27-20;/h12-14H,3-11H2,1-2H3;1H. The molecule has 1 amide bonds. The monoisotopic (exact) mass is 431 g/mol. The molecule has 0 aliphatic heterocycles. The van der Waals surface area contributed by atoms with Crippen LogP contribution in [-0.2, 0) is 4.79 Å². The third-order valence-electron chi connectivity index (χ3n) is 5.39. The predicted molar refractivity (Wildman–Crippen MR) is 114 cm³/mol. The number of benzene rings is 1. The average Bonchev–Trinajstić information content (AvgIpc) is 3.09. The molecular formula is C20H28ClF2N3OS. The predicted octanol–water partition coefficient (Wildman–Crippen LogP) is 5.25. The topological polar surface area (TPSA) is 36.4 Å². The van der Waals surface area contributed by atoms with Gasteiger partial charge in [0.05, 0.1) is 4.70 Å². The molecule has 28 heavy (non-hydrogen) atoms. The van der Waals surface area contributed by atoms with E-state index in [1.165, 1.54) is 23.8 Å². The number of thiazole rings is 1. The summed E-state index contributed by atoms with van der Waals surface area (Å²) < 4.78 is 28.1. The lowest BCUT2D eigenvalue weighted by molar-refractivity contribution is -0.123. The molecule has 0 N–H and O–H groups in total. The highest BCUT2D eigenvalue weighted by Gasteiger charge is 2.29. The van der Waals surface area contributed by atoms with Gasteiger partial charge in [0.15, 0.2) is 10.9 Å². The number of likely N-dealkylation sites (N-methyl/N-ethyl adjacent to an activating group) is 1. The largest absolute Gasteiger partial charge is 0.302 e. The summed E-state index contributed by atoms with van der Waals surface area (Å²) in [7, 11) is 0. The van der Waals surface area contributed by atoms with Crippen molar-refractivity contribution in [2.24, 2.45) is 5.92 Å².